The Balaban J connectivity index is 1.56. The van der Waals surface area contributed by atoms with E-state index in [9.17, 15) is 9.59 Å². The Hall–Kier alpha value is -4.52. The lowest BCUT2D eigenvalue weighted by atomic mass is 9.71. The molecule has 0 fully saturated rings. The second-order valence-electron chi connectivity index (χ2n) is 10.9. The molecule has 41 heavy (non-hydrogen) atoms. The van der Waals surface area contributed by atoms with Gasteiger partial charge in [-0.1, -0.05) is 36.4 Å². The number of hydrogen-bond acceptors (Lipinski definition) is 6. The molecule has 7 nitrogen and oxygen atoms in total. The summed E-state index contributed by atoms with van der Waals surface area (Å²) in [6.45, 7) is 3.88. The Morgan fingerprint density at radius 3 is 2.24 bits per heavy atom. The first kappa shape index (κ1) is 28.0. The maximum absolute atomic E-state index is 14.0. The predicted octanol–water partition coefficient (Wildman–Crippen LogP) is 6.08. The van der Waals surface area contributed by atoms with Gasteiger partial charge in [-0.25, -0.2) is 0 Å². The van der Waals surface area contributed by atoms with Gasteiger partial charge in [0, 0.05) is 60.3 Å². The minimum atomic E-state index is -0.481. The van der Waals surface area contributed by atoms with Crippen molar-refractivity contribution in [1.29, 1.82) is 0 Å². The number of methoxy groups -OCH3 is 2. The first-order valence-corrected chi connectivity index (χ1v) is 13.8. The number of allylic oxidation sites excluding steroid dienone is 3. The van der Waals surface area contributed by atoms with Crippen LogP contribution in [-0.2, 0) is 9.59 Å². The summed E-state index contributed by atoms with van der Waals surface area (Å²) in [5, 5.41) is 6.58. The van der Waals surface area contributed by atoms with E-state index in [4.69, 9.17) is 9.47 Å². The van der Waals surface area contributed by atoms with Crippen molar-refractivity contribution in [3.05, 3.63) is 106 Å². The Morgan fingerprint density at radius 1 is 0.902 bits per heavy atom. The fourth-order valence-corrected chi connectivity index (χ4v) is 5.88. The van der Waals surface area contributed by atoms with Gasteiger partial charge in [-0.15, -0.1) is 0 Å². The average Bonchev–Trinajstić information content (AvgIpc) is 2.97. The van der Waals surface area contributed by atoms with Crippen molar-refractivity contribution < 1.29 is 19.1 Å². The molecule has 2 atom stereocenters. The molecule has 0 saturated carbocycles. The summed E-state index contributed by atoms with van der Waals surface area (Å²) >= 11 is 0. The van der Waals surface area contributed by atoms with Crippen LogP contribution in [0.2, 0.25) is 0 Å². The number of carbonyl (C=O) groups excluding carboxylic acids is 2. The van der Waals surface area contributed by atoms with Crippen LogP contribution >= 0.6 is 0 Å². The molecule has 1 aliphatic heterocycles. The smallest absolute Gasteiger partial charge is 0.254 e. The summed E-state index contributed by atoms with van der Waals surface area (Å²) in [5.74, 6) is 0.601. The number of hydrogen-bond donors (Lipinski definition) is 2. The molecule has 0 spiro atoms. The van der Waals surface area contributed by atoms with Crippen LogP contribution in [0.5, 0.6) is 11.5 Å². The number of anilines is 2. The van der Waals surface area contributed by atoms with Gasteiger partial charge in [-0.2, -0.15) is 0 Å². The van der Waals surface area contributed by atoms with E-state index in [0.29, 0.717) is 35.5 Å². The lowest BCUT2D eigenvalue weighted by molar-refractivity contribution is -0.116. The van der Waals surface area contributed by atoms with Gasteiger partial charge in [0.05, 0.1) is 14.2 Å². The highest BCUT2D eigenvalue weighted by molar-refractivity contribution is 6.10. The summed E-state index contributed by atoms with van der Waals surface area (Å²) < 4.78 is 10.9. The van der Waals surface area contributed by atoms with E-state index in [1.54, 1.807) is 14.2 Å². The van der Waals surface area contributed by atoms with E-state index < -0.39 is 5.92 Å². The number of ketones is 1. The minimum absolute atomic E-state index is 0.0273. The zero-order valence-electron chi connectivity index (χ0n) is 24.5. The summed E-state index contributed by atoms with van der Waals surface area (Å²) in [4.78, 5) is 30.0. The largest absolute Gasteiger partial charge is 0.493 e. The van der Waals surface area contributed by atoms with Crippen LogP contribution in [0.15, 0.2) is 89.3 Å². The van der Waals surface area contributed by atoms with Crippen LogP contribution in [0.25, 0.3) is 0 Å². The van der Waals surface area contributed by atoms with Gasteiger partial charge in [-0.05, 0) is 73.2 Å². The van der Waals surface area contributed by atoms with Crippen molar-refractivity contribution in [2.24, 2.45) is 0 Å². The monoisotopic (exact) mass is 551 g/mol. The van der Waals surface area contributed by atoms with E-state index in [0.717, 1.165) is 39.5 Å². The molecule has 2 aliphatic rings. The summed E-state index contributed by atoms with van der Waals surface area (Å²) in [5.41, 5.74) is 7.54. The number of nitrogens with zero attached hydrogens (tertiary/aromatic N) is 1. The van der Waals surface area contributed by atoms with Crippen LogP contribution in [0, 0.1) is 6.92 Å². The third-order valence-corrected chi connectivity index (χ3v) is 8.09. The van der Waals surface area contributed by atoms with Crippen molar-refractivity contribution >= 4 is 23.1 Å². The number of Topliss-reactive ketones (excluding diaryl/α,β-unsaturated/α-hetero) is 1. The summed E-state index contributed by atoms with van der Waals surface area (Å²) in [7, 11) is 7.20. The fourth-order valence-electron chi connectivity index (χ4n) is 5.88. The van der Waals surface area contributed by atoms with Crippen molar-refractivity contribution in [2.45, 2.75) is 38.5 Å². The molecule has 1 amide bonds. The van der Waals surface area contributed by atoms with Gasteiger partial charge in [0.1, 0.15) is 0 Å². The van der Waals surface area contributed by atoms with Gasteiger partial charge < -0.3 is 25.0 Å². The zero-order valence-corrected chi connectivity index (χ0v) is 24.5. The van der Waals surface area contributed by atoms with E-state index in [-0.39, 0.29) is 17.6 Å². The Kier molecular flexibility index (Phi) is 7.88. The third kappa shape index (κ3) is 5.44. The molecule has 2 N–H and O–H groups in total. The molecule has 0 aromatic heterocycles. The maximum atomic E-state index is 14.0. The summed E-state index contributed by atoms with van der Waals surface area (Å²) in [6.07, 6.45) is 0.987. The molecule has 1 heterocycles. The Morgan fingerprint density at radius 2 is 1.59 bits per heavy atom. The molecule has 3 aromatic carbocycles. The standard InChI is InChI=1S/C34H37N3O4/c1-20-9-7-8-10-26(20)36-34(39)31-21(2)35-27-17-24(23-13-16-29(40-5)30(19-23)41-6)18-28(38)33(27)32(31)22-11-14-25(15-12-22)37(3)4/h7-16,19,24,32,35H,17-18H2,1-6H3,(H,36,39). The van der Waals surface area contributed by atoms with Crippen molar-refractivity contribution in [1.82, 2.24) is 5.32 Å². The van der Waals surface area contributed by atoms with Crippen LogP contribution in [0.4, 0.5) is 11.4 Å². The normalized spacial score (nSPS) is 18.4. The van der Waals surface area contributed by atoms with Gasteiger partial charge in [0.25, 0.3) is 5.91 Å². The molecule has 1 aliphatic carbocycles. The molecule has 7 heteroatoms. The molecular weight excluding hydrogens is 514 g/mol. The number of carbonyl (C=O) groups is 2. The minimum Gasteiger partial charge on any atom is -0.493 e. The molecular formula is C34H37N3O4. The molecule has 0 saturated heterocycles. The Bertz CT molecular complexity index is 1550. The number of amides is 1. The lowest BCUT2D eigenvalue weighted by Gasteiger charge is -2.37. The van der Waals surface area contributed by atoms with E-state index in [2.05, 4.69) is 10.6 Å². The van der Waals surface area contributed by atoms with Crippen LogP contribution in [0.3, 0.4) is 0 Å². The predicted molar refractivity (Wildman–Crippen MR) is 163 cm³/mol. The maximum Gasteiger partial charge on any atom is 0.254 e. The number of dihydropyridines is 1. The van der Waals surface area contributed by atoms with Crippen molar-refractivity contribution in [2.75, 3.05) is 38.5 Å². The zero-order chi connectivity index (χ0) is 29.3. The molecule has 212 valence electrons. The fraction of sp³-hybridized carbons (Fsp3) is 0.294. The second-order valence-corrected chi connectivity index (χ2v) is 10.9. The van der Waals surface area contributed by atoms with Gasteiger partial charge in [0.2, 0.25) is 0 Å². The first-order valence-electron chi connectivity index (χ1n) is 13.8. The number of nitrogens with one attached hydrogen (secondary N) is 2. The highest BCUT2D eigenvalue weighted by Crippen LogP contribution is 2.46. The Labute approximate surface area is 241 Å². The topological polar surface area (TPSA) is 79.9 Å². The third-order valence-electron chi connectivity index (χ3n) is 8.09. The van der Waals surface area contributed by atoms with Gasteiger partial charge in [-0.3, -0.25) is 9.59 Å². The van der Waals surface area contributed by atoms with Crippen molar-refractivity contribution in [3.63, 3.8) is 0 Å². The van der Waals surface area contributed by atoms with Gasteiger partial charge in [0.15, 0.2) is 17.3 Å². The SMILES string of the molecule is COc1ccc(C2CC(=O)C3=C(C2)NC(C)=C(C(=O)Nc2ccccc2C)C3c2ccc(N(C)C)cc2)cc1OC. The van der Waals surface area contributed by atoms with Crippen LogP contribution in [-0.4, -0.2) is 40.0 Å². The van der Waals surface area contributed by atoms with Gasteiger partial charge >= 0.3 is 0 Å². The van der Waals surface area contributed by atoms with Crippen molar-refractivity contribution in [3.8, 4) is 11.5 Å². The molecule has 0 bridgehead atoms. The molecule has 2 unspecified atom stereocenters. The summed E-state index contributed by atoms with van der Waals surface area (Å²) in [6, 6.07) is 21.6. The highest BCUT2D eigenvalue weighted by atomic mass is 16.5. The number of aryl methyl sites for hydroxylation is 1. The van der Waals surface area contributed by atoms with E-state index >= 15 is 0 Å². The number of ether oxygens (including phenoxy) is 2. The lowest BCUT2D eigenvalue weighted by Crippen LogP contribution is -2.37. The van der Waals surface area contributed by atoms with E-state index in [1.165, 1.54) is 0 Å². The molecule has 3 aromatic rings. The number of rotatable bonds is 7. The highest BCUT2D eigenvalue weighted by Gasteiger charge is 2.41. The number of benzene rings is 3. The van der Waals surface area contributed by atoms with Crippen LogP contribution in [0.1, 0.15) is 48.3 Å². The quantitative estimate of drug-likeness (QED) is 0.371. The molecule has 5 rings (SSSR count). The van der Waals surface area contributed by atoms with Crippen LogP contribution < -0.4 is 25.0 Å². The second kappa shape index (κ2) is 11.5. The number of para-hydroxylation sites is 1. The average molecular weight is 552 g/mol. The van der Waals surface area contributed by atoms with E-state index in [1.807, 2.05) is 99.6 Å². The first-order chi connectivity index (χ1) is 19.7. The molecule has 0 radical (unpaired) electrons.